The van der Waals surface area contributed by atoms with Crippen LogP contribution in [0.4, 0.5) is 8.78 Å². The first-order valence-corrected chi connectivity index (χ1v) is 5.39. The van der Waals surface area contributed by atoms with Crippen molar-refractivity contribution >= 4 is 5.97 Å². The lowest BCUT2D eigenvalue weighted by Gasteiger charge is -2.26. The van der Waals surface area contributed by atoms with E-state index in [0.29, 0.717) is 5.56 Å². The van der Waals surface area contributed by atoms with Crippen molar-refractivity contribution in [2.24, 2.45) is 5.92 Å². The number of halogens is 2. The van der Waals surface area contributed by atoms with E-state index in [-0.39, 0.29) is 18.0 Å². The van der Waals surface area contributed by atoms with Gasteiger partial charge in [0, 0.05) is 11.5 Å². The first-order valence-electron chi connectivity index (χ1n) is 5.39. The summed E-state index contributed by atoms with van der Waals surface area (Å²) in [4.78, 5) is 11.6. The maximum Gasteiger partial charge on any atom is 0.359 e. The fraction of sp³-hybridized carbons (Fsp3) is 0.455. The molecule has 3 rings (SSSR count). The van der Waals surface area contributed by atoms with Crippen molar-refractivity contribution < 1.29 is 18.3 Å². The van der Waals surface area contributed by atoms with Gasteiger partial charge >= 0.3 is 5.97 Å². The largest absolute Gasteiger partial charge is 0.461 e. The maximum atomic E-state index is 13.8. The Morgan fingerprint density at radius 2 is 2.35 bits per heavy atom. The Bertz CT molecular complexity index is 522. The van der Waals surface area contributed by atoms with E-state index < -0.39 is 23.7 Å². The van der Waals surface area contributed by atoms with Gasteiger partial charge in [-0.3, -0.25) is 5.10 Å². The number of carbonyl (C=O) groups excluding carboxylic acids is 1. The Balaban J connectivity index is 2.07. The summed E-state index contributed by atoms with van der Waals surface area (Å²) in [6.07, 6.45) is 3.14. The summed E-state index contributed by atoms with van der Waals surface area (Å²) < 4.78 is 32.4. The summed E-state index contributed by atoms with van der Waals surface area (Å²) in [5.74, 6) is -4.88. The fourth-order valence-corrected chi connectivity index (χ4v) is 2.41. The molecule has 4 nitrogen and oxygen atoms in total. The van der Waals surface area contributed by atoms with Crippen LogP contribution in [0, 0.1) is 5.92 Å². The minimum Gasteiger partial charge on any atom is -0.461 e. The third-order valence-electron chi connectivity index (χ3n) is 3.27. The van der Waals surface area contributed by atoms with Gasteiger partial charge in [-0.15, -0.1) is 0 Å². The number of esters is 1. The van der Waals surface area contributed by atoms with Gasteiger partial charge in [-0.05, 0) is 6.92 Å². The minimum absolute atomic E-state index is 0.0154. The van der Waals surface area contributed by atoms with E-state index in [0.717, 1.165) is 0 Å². The maximum absolute atomic E-state index is 13.8. The summed E-state index contributed by atoms with van der Waals surface area (Å²) in [6, 6.07) is 0. The Hall–Kier alpha value is -1.72. The zero-order valence-corrected chi connectivity index (χ0v) is 9.04. The van der Waals surface area contributed by atoms with Crippen molar-refractivity contribution in [1.82, 2.24) is 10.2 Å². The minimum atomic E-state index is -2.97. The first kappa shape index (κ1) is 10.4. The molecule has 1 aromatic heterocycles. The van der Waals surface area contributed by atoms with Crippen LogP contribution in [0.25, 0.3) is 0 Å². The summed E-state index contributed by atoms with van der Waals surface area (Å²) >= 11 is 0. The van der Waals surface area contributed by atoms with E-state index in [2.05, 4.69) is 10.2 Å². The van der Waals surface area contributed by atoms with Crippen LogP contribution in [0.3, 0.4) is 0 Å². The SMILES string of the molecule is CCOC(=O)c1n[nH]c2c1[C@H]1C=C[C@H]1C2(F)F. The highest BCUT2D eigenvalue weighted by Crippen LogP contribution is 2.58. The number of alkyl halides is 2. The van der Waals surface area contributed by atoms with Gasteiger partial charge in [0.15, 0.2) is 5.69 Å². The molecule has 0 fully saturated rings. The molecule has 1 N–H and O–H groups in total. The van der Waals surface area contributed by atoms with Gasteiger partial charge in [-0.2, -0.15) is 13.9 Å². The zero-order valence-electron chi connectivity index (χ0n) is 9.04. The summed E-state index contributed by atoms with van der Waals surface area (Å²) in [6.45, 7) is 1.85. The number of fused-ring (bicyclic) bond motifs is 3. The number of ether oxygens (including phenoxy) is 1. The number of carbonyl (C=O) groups is 1. The lowest BCUT2D eigenvalue weighted by Crippen LogP contribution is -2.26. The molecule has 0 aliphatic heterocycles. The smallest absolute Gasteiger partial charge is 0.359 e. The molecule has 0 amide bonds. The first-order chi connectivity index (χ1) is 8.07. The lowest BCUT2D eigenvalue weighted by atomic mass is 9.81. The second kappa shape index (κ2) is 3.15. The topological polar surface area (TPSA) is 55.0 Å². The number of hydrogen-bond donors (Lipinski definition) is 1. The van der Waals surface area contributed by atoms with E-state index in [1.807, 2.05) is 0 Å². The second-order valence-electron chi connectivity index (χ2n) is 4.14. The molecule has 1 aromatic rings. The fourth-order valence-electron chi connectivity index (χ4n) is 2.41. The highest BCUT2D eigenvalue weighted by atomic mass is 19.3. The Morgan fingerprint density at radius 3 is 2.94 bits per heavy atom. The van der Waals surface area contributed by atoms with Gasteiger partial charge in [0.1, 0.15) is 5.69 Å². The van der Waals surface area contributed by atoms with Crippen molar-refractivity contribution in [2.75, 3.05) is 6.61 Å². The molecule has 17 heavy (non-hydrogen) atoms. The van der Waals surface area contributed by atoms with Crippen molar-refractivity contribution in [2.45, 2.75) is 18.8 Å². The second-order valence-corrected chi connectivity index (χ2v) is 4.14. The van der Waals surface area contributed by atoms with E-state index in [4.69, 9.17) is 4.74 Å². The molecular weight excluding hydrogens is 230 g/mol. The lowest BCUT2D eigenvalue weighted by molar-refractivity contribution is -0.0475. The molecule has 0 saturated carbocycles. The summed E-state index contributed by atoms with van der Waals surface area (Å²) in [5.41, 5.74) is 0.0277. The Morgan fingerprint density at radius 1 is 1.59 bits per heavy atom. The molecule has 90 valence electrons. The van der Waals surface area contributed by atoms with E-state index >= 15 is 0 Å². The summed E-state index contributed by atoms with van der Waals surface area (Å²) in [5, 5.41) is 5.93. The molecule has 0 unspecified atom stereocenters. The normalized spacial score (nSPS) is 27.2. The number of nitrogens with zero attached hydrogens (tertiary/aromatic N) is 1. The quantitative estimate of drug-likeness (QED) is 0.635. The molecule has 2 atom stereocenters. The molecule has 0 saturated heterocycles. The van der Waals surface area contributed by atoms with Crippen LogP contribution >= 0.6 is 0 Å². The highest BCUT2D eigenvalue weighted by molar-refractivity contribution is 5.90. The molecule has 2 aliphatic carbocycles. The van der Waals surface area contributed by atoms with Crippen LogP contribution in [0.5, 0.6) is 0 Å². The Labute approximate surface area is 95.7 Å². The van der Waals surface area contributed by atoms with Crippen LogP contribution < -0.4 is 0 Å². The predicted octanol–water partition coefficient (Wildman–Crippen LogP) is 1.96. The standard InChI is InChI=1S/C11H10F2N2O2/c1-2-17-10(16)8-7-5-3-4-6(5)11(12,13)9(7)15-14-8/h3-6H,2H2,1H3,(H,14,15)/t5-,6+/m0/s1. The molecule has 1 heterocycles. The monoisotopic (exact) mass is 240 g/mol. The number of allylic oxidation sites excluding steroid dienone is 2. The van der Waals surface area contributed by atoms with Crippen LogP contribution in [0.1, 0.15) is 34.6 Å². The zero-order chi connectivity index (χ0) is 12.2. The molecule has 0 spiro atoms. The van der Waals surface area contributed by atoms with E-state index in [9.17, 15) is 13.6 Å². The van der Waals surface area contributed by atoms with Crippen molar-refractivity contribution in [1.29, 1.82) is 0 Å². The third-order valence-corrected chi connectivity index (χ3v) is 3.27. The molecule has 0 aromatic carbocycles. The number of aromatic nitrogens is 2. The van der Waals surface area contributed by atoms with Gasteiger partial charge in [0.05, 0.1) is 12.5 Å². The average molecular weight is 240 g/mol. The number of nitrogens with one attached hydrogen (secondary N) is 1. The number of hydrogen-bond acceptors (Lipinski definition) is 3. The molecule has 0 radical (unpaired) electrons. The van der Waals surface area contributed by atoms with Gasteiger partial charge in [-0.1, -0.05) is 12.2 Å². The molecule has 6 heteroatoms. The van der Waals surface area contributed by atoms with Gasteiger partial charge in [-0.25, -0.2) is 4.79 Å². The van der Waals surface area contributed by atoms with E-state index in [1.165, 1.54) is 6.08 Å². The number of rotatable bonds is 2. The van der Waals surface area contributed by atoms with Crippen molar-refractivity contribution in [3.8, 4) is 0 Å². The van der Waals surface area contributed by atoms with Gasteiger partial charge in [0.25, 0.3) is 5.92 Å². The Kier molecular flexibility index (Phi) is 1.93. The average Bonchev–Trinajstić information content (AvgIpc) is 2.65. The van der Waals surface area contributed by atoms with Gasteiger partial charge in [0.2, 0.25) is 0 Å². The highest BCUT2D eigenvalue weighted by Gasteiger charge is 2.58. The van der Waals surface area contributed by atoms with Crippen LogP contribution in [-0.2, 0) is 10.7 Å². The van der Waals surface area contributed by atoms with Gasteiger partial charge < -0.3 is 4.74 Å². The number of H-pyrrole nitrogens is 1. The molecular formula is C11H10F2N2O2. The van der Waals surface area contributed by atoms with Crippen molar-refractivity contribution in [3.05, 3.63) is 29.1 Å². The van der Waals surface area contributed by atoms with E-state index in [1.54, 1.807) is 13.0 Å². The van der Waals surface area contributed by atoms with Crippen LogP contribution in [-0.4, -0.2) is 22.8 Å². The molecule has 2 aliphatic rings. The van der Waals surface area contributed by atoms with Crippen LogP contribution in [0.15, 0.2) is 12.2 Å². The number of aromatic amines is 1. The molecule has 0 bridgehead atoms. The predicted molar refractivity (Wildman–Crippen MR) is 53.8 cm³/mol. The van der Waals surface area contributed by atoms with Crippen molar-refractivity contribution in [3.63, 3.8) is 0 Å². The third kappa shape index (κ3) is 1.15. The van der Waals surface area contributed by atoms with Crippen LogP contribution in [0.2, 0.25) is 0 Å². The summed E-state index contributed by atoms with van der Waals surface area (Å²) in [7, 11) is 0.